The van der Waals surface area contributed by atoms with E-state index in [0.717, 1.165) is 0 Å². The highest BCUT2D eigenvalue weighted by molar-refractivity contribution is 7.28. The van der Waals surface area contributed by atoms with Crippen LogP contribution in [0.2, 0.25) is 0 Å². The molecule has 0 saturated carbocycles. The molecule has 134 valence electrons. The van der Waals surface area contributed by atoms with E-state index in [1.54, 1.807) is 0 Å². The van der Waals surface area contributed by atoms with E-state index in [-0.39, 0.29) is 0 Å². The molecule has 0 spiro atoms. The van der Waals surface area contributed by atoms with Crippen LogP contribution in [0.1, 0.15) is 11.1 Å². The zero-order valence-corrected chi connectivity index (χ0v) is 18.5. The fourth-order valence-electron chi connectivity index (χ4n) is 4.66. The topological polar surface area (TPSA) is 0 Å². The van der Waals surface area contributed by atoms with Crippen molar-refractivity contribution in [1.82, 2.24) is 0 Å². The van der Waals surface area contributed by atoms with Gasteiger partial charge in [-0.05, 0) is 72.1 Å². The van der Waals surface area contributed by atoms with Crippen molar-refractivity contribution < 1.29 is 0 Å². The van der Waals surface area contributed by atoms with E-state index in [0.29, 0.717) is 0 Å². The molecule has 0 saturated heterocycles. The maximum absolute atomic E-state index is 2.34. The average molecular weight is 431 g/mol. The molecule has 28 heavy (non-hydrogen) atoms. The zero-order valence-electron chi connectivity index (χ0n) is 15.3. The van der Waals surface area contributed by atoms with Crippen LogP contribution in [0.15, 0.2) is 47.2 Å². The number of rotatable bonds is 0. The summed E-state index contributed by atoms with van der Waals surface area (Å²) in [5, 5.41) is 13.4. The molecule has 0 N–H and O–H groups in total. The van der Waals surface area contributed by atoms with Gasteiger partial charge in [0.05, 0.1) is 0 Å². The van der Waals surface area contributed by atoms with E-state index >= 15 is 0 Å². The number of hydrogen-bond acceptors (Lipinski definition) is 4. The minimum atomic E-state index is 1.40. The summed E-state index contributed by atoms with van der Waals surface area (Å²) in [4.78, 5) is 0. The Kier molecular flexibility index (Phi) is 3.03. The Bertz CT molecular complexity index is 1600. The highest BCUT2D eigenvalue weighted by atomic mass is 32.1. The van der Waals surface area contributed by atoms with Crippen molar-refractivity contribution in [2.75, 3.05) is 0 Å². The summed E-state index contributed by atoms with van der Waals surface area (Å²) in [6, 6.07) is 13.9. The minimum absolute atomic E-state index is 1.40. The van der Waals surface area contributed by atoms with Gasteiger partial charge in [0.2, 0.25) is 0 Å². The van der Waals surface area contributed by atoms with Crippen molar-refractivity contribution in [3.8, 4) is 0 Å². The molecule has 0 amide bonds. The van der Waals surface area contributed by atoms with Gasteiger partial charge in [0.25, 0.3) is 0 Å². The van der Waals surface area contributed by atoms with E-state index < -0.39 is 0 Å². The zero-order chi connectivity index (χ0) is 18.6. The van der Waals surface area contributed by atoms with Gasteiger partial charge in [0.15, 0.2) is 0 Å². The Hall–Kier alpha value is -1.98. The maximum atomic E-state index is 2.34. The molecule has 0 aliphatic rings. The molecule has 4 heteroatoms. The molecule has 0 fully saturated rings. The molecular weight excluding hydrogens is 417 g/mol. The first-order valence-corrected chi connectivity index (χ1v) is 12.6. The summed E-state index contributed by atoms with van der Waals surface area (Å²) in [5.41, 5.74) is 2.80. The highest BCUT2D eigenvalue weighted by Gasteiger charge is 2.19. The fraction of sp³-hybridized carbons (Fsp3) is 0.0833. The number of thiophene rings is 4. The van der Waals surface area contributed by atoms with Gasteiger partial charge in [0.1, 0.15) is 0 Å². The van der Waals surface area contributed by atoms with Crippen LogP contribution in [0.4, 0.5) is 0 Å². The predicted octanol–water partition coefficient (Wildman–Crippen LogP) is 9.47. The largest absolute Gasteiger partial charge is 0.144 e. The van der Waals surface area contributed by atoms with Gasteiger partial charge in [-0.25, -0.2) is 0 Å². The standard InChI is InChI=1S/C24H14S4/c1-11-9-25-13-3-5-15-21(19(11)13)23-17(27-15)7-8-18-24(23)22-16(28-18)6-4-14-20(22)12(2)10-26-14/h3-10H,1-2H3. The van der Waals surface area contributed by atoms with Gasteiger partial charge in [-0.1, -0.05) is 0 Å². The van der Waals surface area contributed by atoms with Crippen molar-refractivity contribution in [2.24, 2.45) is 0 Å². The van der Waals surface area contributed by atoms with Crippen LogP contribution in [0.5, 0.6) is 0 Å². The third-order valence-corrected chi connectivity index (χ3v) is 10.2. The first kappa shape index (κ1) is 15.9. The van der Waals surface area contributed by atoms with Gasteiger partial charge in [-0.15, -0.1) is 45.3 Å². The molecule has 4 heterocycles. The van der Waals surface area contributed by atoms with Crippen LogP contribution in [0.25, 0.3) is 60.5 Å². The quantitative estimate of drug-likeness (QED) is 0.225. The molecule has 0 bridgehead atoms. The smallest absolute Gasteiger partial charge is 0.0362 e. The molecule has 3 aromatic carbocycles. The molecule has 0 aliphatic heterocycles. The van der Waals surface area contributed by atoms with Gasteiger partial charge in [0, 0.05) is 60.5 Å². The molecule has 4 aromatic heterocycles. The van der Waals surface area contributed by atoms with Gasteiger partial charge < -0.3 is 0 Å². The minimum Gasteiger partial charge on any atom is -0.144 e. The third kappa shape index (κ3) is 1.85. The summed E-state index contributed by atoms with van der Waals surface area (Å²) in [7, 11) is 0. The van der Waals surface area contributed by atoms with Crippen molar-refractivity contribution in [1.29, 1.82) is 0 Å². The van der Waals surface area contributed by atoms with Crippen molar-refractivity contribution in [3.05, 3.63) is 58.3 Å². The Labute approximate surface area is 177 Å². The Morgan fingerprint density at radius 1 is 0.429 bits per heavy atom. The van der Waals surface area contributed by atoms with Crippen LogP contribution < -0.4 is 0 Å². The first-order valence-electron chi connectivity index (χ1n) is 9.26. The van der Waals surface area contributed by atoms with Crippen LogP contribution in [-0.4, -0.2) is 0 Å². The highest BCUT2D eigenvalue weighted by Crippen LogP contribution is 2.49. The van der Waals surface area contributed by atoms with E-state index in [4.69, 9.17) is 0 Å². The molecule has 7 aromatic rings. The van der Waals surface area contributed by atoms with Gasteiger partial charge >= 0.3 is 0 Å². The molecule has 0 unspecified atom stereocenters. The summed E-state index contributed by atoms with van der Waals surface area (Å²) in [5.74, 6) is 0. The fourth-order valence-corrected chi connectivity index (χ4v) is 8.81. The van der Waals surface area contributed by atoms with Crippen LogP contribution in [0, 0.1) is 13.8 Å². The summed E-state index contributed by atoms with van der Waals surface area (Å²) in [6.07, 6.45) is 0. The summed E-state index contributed by atoms with van der Waals surface area (Å²) < 4.78 is 8.43. The van der Waals surface area contributed by atoms with E-state index in [9.17, 15) is 0 Å². The molecule has 0 aliphatic carbocycles. The van der Waals surface area contributed by atoms with E-state index in [1.807, 2.05) is 45.3 Å². The summed E-state index contributed by atoms with van der Waals surface area (Å²) in [6.45, 7) is 4.52. The molecule has 7 rings (SSSR count). The SMILES string of the molecule is Cc1csc2ccc3sc4ccc5sc6ccc7scc(C)c7c6c5c4c3c12. The first-order chi connectivity index (χ1) is 13.7. The van der Waals surface area contributed by atoms with Crippen LogP contribution >= 0.6 is 45.3 Å². The predicted molar refractivity (Wildman–Crippen MR) is 132 cm³/mol. The Morgan fingerprint density at radius 2 is 0.750 bits per heavy atom. The molecular formula is C24H14S4. The second kappa shape index (κ2) is 5.33. The number of fused-ring (bicyclic) bond motifs is 11. The molecule has 0 radical (unpaired) electrons. The van der Waals surface area contributed by atoms with Gasteiger partial charge in [-0.2, -0.15) is 0 Å². The lowest BCUT2D eigenvalue weighted by molar-refractivity contribution is 1.61. The second-order valence-corrected chi connectivity index (χ2v) is 11.5. The Morgan fingerprint density at radius 3 is 1.14 bits per heavy atom. The van der Waals surface area contributed by atoms with E-state index in [1.165, 1.54) is 71.6 Å². The summed E-state index contributed by atoms with van der Waals surface area (Å²) >= 11 is 7.61. The lowest BCUT2D eigenvalue weighted by atomic mass is 10.00. The average Bonchev–Trinajstić information content (AvgIpc) is 3.43. The third-order valence-electron chi connectivity index (χ3n) is 5.84. The monoisotopic (exact) mass is 430 g/mol. The van der Waals surface area contributed by atoms with E-state index in [2.05, 4.69) is 61.0 Å². The van der Waals surface area contributed by atoms with Crippen molar-refractivity contribution >= 4 is 106 Å². The van der Waals surface area contributed by atoms with Crippen molar-refractivity contribution in [3.63, 3.8) is 0 Å². The second-order valence-electron chi connectivity index (χ2n) is 7.48. The normalized spacial score (nSPS) is 12.6. The number of hydrogen-bond donors (Lipinski definition) is 0. The molecule has 0 nitrogen and oxygen atoms in total. The molecule has 0 atom stereocenters. The number of benzene rings is 3. The Balaban J connectivity index is 1.89. The number of aryl methyl sites for hydroxylation is 2. The maximum Gasteiger partial charge on any atom is 0.0362 e. The van der Waals surface area contributed by atoms with Crippen molar-refractivity contribution in [2.45, 2.75) is 13.8 Å². The lowest BCUT2D eigenvalue weighted by Gasteiger charge is -2.02. The van der Waals surface area contributed by atoms with Crippen LogP contribution in [0.3, 0.4) is 0 Å². The van der Waals surface area contributed by atoms with Crippen LogP contribution in [-0.2, 0) is 0 Å². The van der Waals surface area contributed by atoms with Gasteiger partial charge in [-0.3, -0.25) is 0 Å². The lowest BCUT2D eigenvalue weighted by Crippen LogP contribution is -1.76.